The molecule has 0 saturated carbocycles. The summed E-state index contributed by atoms with van der Waals surface area (Å²) in [4.78, 5) is 49.6. The van der Waals surface area contributed by atoms with E-state index in [0.29, 0.717) is 6.20 Å². The number of nitrogens with one attached hydrogen (secondary N) is 2. The van der Waals surface area contributed by atoms with Crippen LogP contribution < -0.4 is 21.0 Å². The molecule has 35 heavy (non-hydrogen) atoms. The lowest BCUT2D eigenvalue weighted by molar-refractivity contribution is -0.894. The molecule has 13 heteroatoms. The molecule has 1 aromatic heterocycles. The summed E-state index contributed by atoms with van der Waals surface area (Å²) in [5, 5.41) is 0. The van der Waals surface area contributed by atoms with E-state index in [1.165, 1.54) is 31.8 Å². The number of halogens is 1. The van der Waals surface area contributed by atoms with Gasteiger partial charge in [0.2, 0.25) is 5.82 Å². The largest absolute Gasteiger partial charge is 0.566 e. The van der Waals surface area contributed by atoms with Gasteiger partial charge in [0.25, 0.3) is 5.56 Å². The highest BCUT2D eigenvalue weighted by Gasteiger charge is 2.41. The second kappa shape index (κ2) is 14.0. The van der Waals surface area contributed by atoms with Crippen molar-refractivity contribution >= 4 is 14.2 Å². The van der Waals surface area contributed by atoms with Gasteiger partial charge in [-0.15, -0.1) is 4.52 Å². The smallest absolute Gasteiger partial charge is 0.488 e. The minimum absolute atomic E-state index is 0.0897. The van der Waals surface area contributed by atoms with E-state index in [9.17, 15) is 28.2 Å². The van der Waals surface area contributed by atoms with Crippen LogP contribution in [0.1, 0.15) is 43.8 Å². The van der Waals surface area contributed by atoms with Crippen molar-refractivity contribution in [1.29, 1.82) is 0 Å². The quantitative estimate of drug-likeness (QED) is 0.356. The zero-order chi connectivity index (χ0) is 26.0. The van der Waals surface area contributed by atoms with Crippen LogP contribution in [0, 0.1) is 5.82 Å². The fourth-order valence-electron chi connectivity index (χ4n) is 3.48. The lowest BCUT2D eigenvalue weighted by atomic mass is 10.1. The summed E-state index contributed by atoms with van der Waals surface area (Å²) in [5.41, 5.74) is -1.86. The average Bonchev–Trinajstić information content (AvgIpc) is 3.24. The fraction of sp³-hybridized carbons (Fsp3) is 0.500. The standard InChI is InChI=1S/C16H14FN2O8P.C6H15N/c17-10-7-19(16(22)18-14(10)20)13-6-11(12(26-13)8-25-28(23)24)27-15(21)9-4-2-1-3-5-9;1-4-7(5-2)6-3/h1-5,7,11-13H,6,8H2,(H,18,20,22);4-6H2,1-3H3/p+1/t11-,12+,13+;/m0./s1. The summed E-state index contributed by atoms with van der Waals surface area (Å²) in [7, 11) is -3.18. The Hall–Kier alpha value is -2.76. The van der Waals surface area contributed by atoms with Crippen molar-refractivity contribution in [2.24, 2.45) is 0 Å². The summed E-state index contributed by atoms with van der Waals surface area (Å²) in [5.74, 6) is -1.89. The van der Waals surface area contributed by atoms with Crippen molar-refractivity contribution in [3.05, 3.63) is 68.7 Å². The van der Waals surface area contributed by atoms with Crippen molar-refractivity contribution in [2.45, 2.75) is 45.6 Å². The van der Waals surface area contributed by atoms with Crippen LogP contribution in [0.2, 0.25) is 0 Å². The minimum Gasteiger partial charge on any atom is -0.566 e. The number of quaternary nitrogens is 1. The summed E-state index contributed by atoms with van der Waals surface area (Å²) >= 11 is 0. The molecule has 0 bridgehead atoms. The van der Waals surface area contributed by atoms with Gasteiger partial charge in [0, 0.05) is 6.42 Å². The topological polar surface area (TPSA) is 144 Å². The number of rotatable bonds is 9. The number of H-pyrrole nitrogens is 1. The zero-order valence-electron chi connectivity index (χ0n) is 19.8. The van der Waals surface area contributed by atoms with E-state index >= 15 is 0 Å². The SMILES string of the molecule is CC[NH+](CC)CC.O=C(O[C@H]1C[C@H](n2cc(F)c(=O)[nH]c2=O)O[C@@H]1CO[P+](=O)[O-])c1ccccc1. The predicted octanol–water partition coefficient (Wildman–Crippen LogP) is 0.154. The molecule has 11 nitrogen and oxygen atoms in total. The number of aromatic nitrogens is 2. The number of ether oxygens (including phenoxy) is 2. The van der Waals surface area contributed by atoms with Gasteiger partial charge in [0.15, 0.2) is 0 Å². The first-order valence-corrected chi connectivity index (χ1v) is 12.3. The van der Waals surface area contributed by atoms with Gasteiger partial charge in [-0.05, 0) is 37.5 Å². The van der Waals surface area contributed by atoms with Crippen LogP contribution in [0.5, 0.6) is 0 Å². The number of aromatic amines is 1. The first-order valence-electron chi connectivity index (χ1n) is 11.2. The molecule has 1 aliphatic rings. The zero-order valence-corrected chi connectivity index (χ0v) is 20.7. The fourth-order valence-corrected chi connectivity index (χ4v) is 3.75. The van der Waals surface area contributed by atoms with E-state index < -0.39 is 56.3 Å². The number of carbonyl (C=O) groups excluding carboxylic acids is 1. The molecule has 1 fully saturated rings. The Bertz CT molecular complexity index is 1080. The van der Waals surface area contributed by atoms with Crippen molar-refractivity contribution in [2.75, 3.05) is 26.2 Å². The molecule has 1 unspecified atom stereocenters. The molecular formula is C22H30FN3O8P+. The number of carbonyl (C=O) groups is 1. The molecule has 2 heterocycles. The van der Waals surface area contributed by atoms with Crippen LogP contribution in [0.15, 0.2) is 46.1 Å². The highest BCUT2D eigenvalue weighted by atomic mass is 31.1. The summed E-state index contributed by atoms with van der Waals surface area (Å²) < 4.78 is 40.4. The van der Waals surface area contributed by atoms with Gasteiger partial charge in [0.1, 0.15) is 25.0 Å². The Kier molecular flexibility index (Phi) is 11.4. The molecule has 0 radical (unpaired) electrons. The molecule has 4 atom stereocenters. The van der Waals surface area contributed by atoms with E-state index in [0.717, 1.165) is 4.57 Å². The Morgan fingerprint density at radius 1 is 1.23 bits per heavy atom. The van der Waals surface area contributed by atoms with Gasteiger partial charge in [0.05, 0.1) is 31.4 Å². The monoisotopic (exact) mass is 514 g/mol. The first-order chi connectivity index (χ1) is 16.7. The van der Waals surface area contributed by atoms with Crippen LogP contribution in [0.25, 0.3) is 0 Å². The number of nitrogens with zero attached hydrogens (tertiary/aromatic N) is 1. The van der Waals surface area contributed by atoms with Crippen LogP contribution in [0.3, 0.4) is 0 Å². The summed E-state index contributed by atoms with van der Waals surface area (Å²) in [6.07, 6.45) is -2.54. The maximum Gasteiger partial charge on any atom is 0.488 e. The van der Waals surface area contributed by atoms with Crippen LogP contribution in [-0.2, 0) is 18.6 Å². The molecule has 0 aliphatic carbocycles. The maximum atomic E-state index is 13.5. The molecular weight excluding hydrogens is 484 g/mol. The van der Waals surface area contributed by atoms with Crippen LogP contribution >= 0.6 is 8.25 Å². The third-order valence-electron chi connectivity index (χ3n) is 5.53. The summed E-state index contributed by atoms with van der Waals surface area (Å²) in [6, 6.07) is 8.03. The van der Waals surface area contributed by atoms with Gasteiger partial charge in [-0.2, -0.15) is 4.39 Å². The van der Waals surface area contributed by atoms with Gasteiger partial charge in [-0.3, -0.25) is 14.3 Å². The molecule has 1 aromatic carbocycles. The highest BCUT2D eigenvalue weighted by molar-refractivity contribution is 7.30. The third-order valence-corrected chi connectivity index (χ3v) is 5.89. The summed E-state index contributed by atoms with van der Waals surface area (Å²) in [6.45, 7) is 10.0. The molecule has 3 rings (SSSR count). The molecule has 0 spiro atoms. The van der Waals surface area contributed by atoms with Crippen molar-refractivity contribution < 1.29 is 37.5 Å². The molecule has 2 aromatic rings. The van der Waals surface area contributed by atoms with Gasteiger partial charge in [-0.25, -0.2) is 9.59 Å². The van der Waals surface area contributed by atoms with E-state index in [4.69, 9.17) is 9.47 Å². The maximum absolute atomic E-state index is 13.5. The molecule has 0 amide bonds. The minimum atomic E-state index is -3.18. The van der Waals surface area contributed by atoms with Crippen molar-refractivity contribution in [1.82, 2.24) is 9.55 Å². The Morgan fingerprint density at radius 2 is 1.86 bits per heavy atom. The van der Waals surface area contributed by atoms with Crippen LogP contribution in [0.4, 0.5) is 4.39 Å². The second-order valence-corrected chi connectivity index (χ2v) is 8.35. The van der Waals surface area contributed by atoms with Gasteiger partial charge >= 0.3 is 19.9 Å². The molecule has 192 valence electrons. The molecule has 1 saturated heterocycles. The van der Waals surface area contributed by atoms with Gasteiger partial charge in [-0.1, -0.05) is 18.2 Å². The Morgan fingerprint density at radius 3 is 2.40 bits per heavy atom. The lowest BCUT2D eigenvalue weighted by Gasteiger charge is -2.16. The molecule has 1 aliphatic heterocycles. The number of benzene rings is 1. The predicted molar refractivity (Wildman–Crippen MR) is 122 cm³/mol. The molecule has 2 N–H and O–H groups in total. The number of esters is 1. The van der Waals surface area contributed by atoms with Crippen molar-refractivity contribution in [3.63, 3.8) is 0 Å². The van der Waals surface area contributed by atoms with E-state index in [2.05, 4.69) is 25.3 Å². The van der Waals surface area contributed by atoms with Gasteiger partial charge < -0.3 is 19.3 Å². The second-order valence-electron chi connectivity index (χ2n) is 7.65. The van der Waals surface area contributed by atoms with E-state index in [1.807, 2.05) is 0 Å². The normalized spacial score (nSPS) is 19.7. The third kappa shape index (κ3) is 8.44. The highest BCUT2D eigenvalue weighted by Crippen LogP contribution is 2.31. The Balaban J connectivity index is 0.000000540. The van der Waals surface area contributed by atoms with Crippen molar-refractivity contribution in [3.8, 4) is 0 Å². The first kappa shape index (κ1) is 28.5. The Labute approximate surface area is 202 Å². The van der Waals surface area contributed by atoms with Crippen LogP contribution in [-0.4, -0.2) is 54.0 Å². The lowest BCUT2D eigenvalue weighted by Crippen LogP contribution is -3.11. The van der Waals surface area contributed by atoms with E-state index in [-0.39, 0.29) is 12.0 Å². The average molecular weight is 514 g/mol. The van der Waals surface area contributed by atoms with E-state index in [1.54, 1.807) is 28.1 Å². The number of hydrogen-bond donors (Lipinski definition) is 2. The number of hydrogen-bond acceptors (Lipinski definition) is 8.